The molecule has 4 aliphatic heterocycles. The summed E-state index contributed by atoms with van der Waals surface area (Å²) in [5.41, 5.74) is 8.25. The van der Waals surface area contributed by atoms with Crippen LogP contribution in [-0.2, 0) is 22.4 Å². The standard InChI is InChI=1S/C27H31N5O3/c1-16-10-29-26-22(16)8-19(11-30-26)18-6-17-2-4-31(27(33)32-12-21-9-20(32)14-35-21)13-24(17)23(7-18)25-15-34-5-3-28-25/h6-8,10-11,20-21,25,28H,2-5,9,12-15H2,1H3,(H,29,30)/t20-,21-,25-/m0/s1. The minimum absolute atomic E-state index is 0.120. The summed E-state index contributed by atoms with van der Waals surface area (Å²) in [6, 6.07) is 7.34. The number of amides is 2. The van der Waals surface area contributed by atoms with E-state index < -0.39 is 0 Å². The van der Waals surface area contributed by atoms with E-state index in [1.165, 1.54) is 27.8 Å². The Balaban J connectivity index is 1.25. The second-order valence-corrected chi connectivity index (χ2v) is 10.3. The number of morpholine rings is 2. The van der Waals surface area contributed by atoms with Gasteiger partial charge in [0.25, 0.3) is 0 Å². The average Bonchev–Trinajstić information content (AvgIpc) is 3.64. The summed E-state index contributed by atoms with van der Waals surface area (Å²) in [7, 11) is 0. The second kappa shape index (κ2) is 8.33. The highest BCUT2D eigenvalue weighted by Crippen LogP contribution is 2.36. The molecule has 0 saturated carbocycles. The largest absolute Gasteiger partial charge is 0.378 e. The van der Waals surface area contributed by atoms with Crippen molar-refractivity contribution in [2.45, 2.75) is 44.5 Å². The summed E-state index contributed by atoms with van der Waals surface area (Å²) in [6.45, 7) is 7.11. The van der Waals surface area contributed by atoms with Crippen LogP contribution in [0.3, 0.4) is 0 Å². The fourth-order valence-corrected chi connectivity index (χ4v) is 6.21. The fourth-order valence-electron chi connectivity index (χ4n) is 6.21. The Morgan fingerprint density at radius 2 is 2.14 bits per heavy atom. The Morgan fingerprint density at radius 1 is 1.20 bits per heavy atom. The maximum Gasteiger partial charge on any atom is 0.320 e. The van der Waals surface area contributed by atoms with E-state index in [4.69, 9.17) is 9.47 Å². The Hall–Kier alpha value is -2.94. The van der Waals surface area contributed by atoms with E-state index in [0.29, 0.717) is 19.8 Å². The van der Waals surface area contributed by atoms with Gasteiger partial charge in [-0.15, -0.1) is 0 Å². The number of H-pyrrole nitrogens is 1. The number of fused-ring (bicyclic) bond motifs is 4. The maximum atomic E-state index is 13.5. The van der Waals surface area contributed by atoms with Crippen LogP contribution in [0.25, 0.3) is 22.2 Å². The van der Waals surface area contributed by atoms with E-state index in [1.54, 1.807) is 0 Å². The minimum Gasteiger partial charge on any atom is -0.378 e. The Labute approximate surface area is 204 Å². The van der Waals surface area contributed by atoms with Crippen molar-refractivity contribution in [2.75, 3.05) is 39.5 Å². The summed E-state index contributed by atoms with van der Waals surface area (Å²) < 4.78 is 11.6. The molecule has 2 N–H and O–H groups in total. The maximum absolute atomic E-state index is 13.5. The first-order chi connectivity index (χ1) is 17.1. The van der Waals surface area contributed by atoms with Gasteiger partial charge in [0.1, 0.15) is 5.65 Å². The predicted molar refractivity (Wildman–Crippen MR) is 132 cm³/mol. The molecule has 35 heavy (non-hydrogen) atoms. The number of ether oxygens (including phenoxy) is 2. The summed E-state index contributed by atoms with van der Waals surface area (Å²) >= 11 is 0. The topological polar surface area (TPSA) is 82.7 Å². The van der Waals surface area contributed by atoms with Gasteiger partial charge < -0.3 is 29.6 Å². The average molecular weight is 474 g/mol. The monoisotopic (exact) mass is 473 g/mol. The molecular weight excluding hydrogens is 442 g/mol. The lowest BCUT2D eigenvalue weighted by atomic mass is 9.87. The molecular formula is C27H31N5O3. The van der Waals surface area contributed by atoms with Gasteiger partial charge in [0, 0.05) is 49.5 Å². The molecule has 4 aliphatic rings. The highest BCUT2D eigenvalue weighted by atomic mass is 16.5. The highest BCUT2D eigenvalue weighted by molar-refractivity contribution is 5.85. The lowest BCUT2D eigenvalue weighted by Crippen LogP contribution is -2.50. The van der Waals surface area contributed by atoms with Crippen LogP contribution in [0.5, 0.6) is 0 Å². The molecule has 0 spiro atoms. The number of carbonyl (C=O) groups excluding carboxylic acids is 1. The third-order valence-electron chi connectivity index (χ3n) is 8.16. The number of carbonyl (C=O) groups is 1. The third kappa shape index (κ3) is 3.63. The molecule has 8 heteroatoms. The van der Waals surface area contributed by atoms with E-state index in [1.807, 2.05) is 22.2 Å². The van der Waals surface area contributed by atoms with Gasteiger partial charge in [0.2, 0.25) is 0 Å². The molecule has 6 heterocycles. The molecule has 2 aromatic heterocycles. The lowest BCUT2D eigenvalue weighted by molar-refractivity contribution is 0.0352. The number of aryl methyl sites for hydroxylation is 1. The van der Waals surface area contributed by atoms with Gasteiger partial charge in [-0.1, -0.05) is 6.07 Å². The van der Waals surface area contributed by atoms with E-state index >= 15 is 0 Å². The molecule has 1 aromatic carbocycles. The molecule has 182 valence electrons. The number of nitrogens with one attached hydrogen (secondary N) is 2. The normalized spacial score (nSPS) is 25.9. The van der Waals surface area contributed by atoms with Gasteiger partial charge in [-0.05, 0) is 59.7 Å². The number of rotatable bonds is 2. The zero-order valence-electron chi connectivity index (χ0n) is 20.0. The first kappa shape index (κ1) is 21.4. The van der Waals surface area contributed by atoms with Gasteiger partial charge in [-0.3, -0.25) is 0 Å². The highest BCUT2D eigenvalue weighted by Gasteiger charge is 2.43. The van der Waals surface area contributed by atoms with Crippen molar-refractivity contribution in [3.05, 3.63) is 52.8 Å². The van der Waals surface area contributed by atoms with Crippen molar-refractivity contribution < 1.29 is 14.3 Å². The molecule has 0 radical (unpaired) electrons. The smallest absolute Gasteiger partial charge is 0.320 e. The van der Waals surface area contributed by atoms with Crippen molar-refractivity contribution >= 4 is 17.1 Å². The molecule has 2 bridgehead atoms. The zero-order valence-corrected chi connectivity index (χ0v) is 20.0. The molecule has 2 amide bonds. The Morgan fingerprint density at radius 3 is 2.94 bits per heavy atom. The number of aromatic nitrogens is 2. The quantitative estimate of drug-likeness (QED) is 0.598. The van der Waals surface area contributed by atoms with E-state index in [-0.39, 0.29) is 24.2 Å². The van der Waals surface area contributed by atoms with Gasteiger partial charge in [-0.2, -0.15) is 0 Å². The summed E-state index contributed by atoms with van der Waals surface area (Å²) in [6.07, 6.45) is 6.02. The number of hydrogen-bond acceptors (Lipinski definition) is 5. The Kier molecular flexibility index (Phi) is 5.08. The van der Waals surface area contributed by atoms with E-state index in [2.05, 4.69) is 40.4 Å². The van der Waals surface area contributed by atoms with Gasteiger partial charge in [0.05, 0.1) is 38.0 Å². The summed E-state index contributed by atoms with van der Waals surface area (Å²) in [5, 5.41) is 4.80. The summed E-state index contributed by atoms with van der Waals surface area (Å²) in [4.78, 5) is 25.4. The minimum atomic E-state index is 0.120. The number of aromatic amines is 1. The fraction of sp³-hybridized carbons (Fsp3) is 0.481. The predicted octanol–water partition coefficient (Wildman–Crippen LogP) is 3.15. The van der Waals surface area contributed by atoms with Crippen LogP contribution in [0.1, 0.15) is 34.7 Å². The third-order valence-corrected chi connectivity index (χ3v) is 8.16. The number of urea groups is 1. The van der Waals surface area contributed by atoms with Crippen molar-refractivity contribution in [3.8, 4) is 11.1 Å². The van der Waals surface area contributed by atoms with Crippen LogP contribution in [-0.4, -0.2) is 77.4 Å². The van der Waals surface area contributed by atoms with Crippen LogP contribution >= 0.6 is 0 Å². The van der Waals surface area contributed by atoms with E-state index in [0.717, 1.165) is 55.7 Å². The molecule has 3 saturated heterocycles. The van der Waals surface area contributed by atoms with Gasteiger partial charge in [0.15, 0.2) is 0 Å². The molecule has 3 atom stereocenters. The molecule has 3 fully saturated rings. The lowest BCUT2D eigenvalue weighted by Gasteiger charge is -2.37. The number of pyridine rings is 1. The van der Waals surface area contributed by atoms with Crippen LogP contribution < -0.4 is 5.32 Å². The SMILES string of the molecule is Cc1c[nH]c2ncc(-c3cc4c(c([C@@H]5COCCN5)c3)CN(C(=O)N3C[C@@H]5C[C@H]3CO5)CC4)cc12. The second-order valence-electron chi connectivity index (χ2n) is 10.3. The number of likely N-dealkylation sites (tertiary alicyclic amines) is 1. The van der Waals surface area contributed by atoms with Crippen LogP contribution in [0.4, 0.5) is 4.79 Å². The number of nitrogens with zero attached hydrogens (tertiary/aromatic N) is 3. The van der Waals surface area contributed by atoms with Crippen molar-refractivity contribution in [2.24, 2.45) is 0 Å². The zero-order chi connectivity index (χ0) is 23.5. The number of hydrogen-bond donors (Lipinski definition) is 2. The van der Waals surface area contributed by atoms with Crippen LogP contribution in [0.2, 0.25) is 0 Å². The van der Waals surface area contributed by atoms with Crippen LogP contribution in [0, 0.1) is 6.92 Å². The first-order valence-electron chi connectivity index (χ1n) is 12.7. The van der Waals surface area contributed by atoms with Crippen molar-refractivity contribution in [3.63, 3.8) is 0 Å². The van der Waals surface area contributed by atoms with Crippen molar-refractivity contribution in [1.29, 1.82) is 0 Å². The van der Waals surface area contributed by atoms with Crippen LogP contribution in [0.15, 0.2) is 30.6 Å². The van der Waals surface area contributed by atoms with Crippen molar-refractivity contribution in [1.82, 2.24) is 25.1 Å². The molecule has 0 unspecified atom stereocenters. The van der Waals surface area contributed by atoms with Gasteiger partial charge >= 0.3 is 6.03 Å². The Bertz CT molecular complexity index is 1300. The summed E-state index contributed by atoms with van der Waals surface area (Å²) in [5.74, 6) is 0. The molecule has 3 aromatic rings. The first-order valence-corrected chi connectivity index (χ1v) is 12.7. The number of benzene rings is 1. The molecule has 8 nitrogen and oxygen atoms in total. The van der Waals surface area contributed by atoms with Gasteiger partial charge in [-0.25, -0.2) is 9.78 Å². The van der Waals surface area contributed by atoms with E-state index in [9.17, 15) is 4.79 Å². The molecule has 0 aliphatic carbocycles. The molecule has 7 rings (SSSR count).